The average molecular weight is 353 g/mol. The van der Waals surface area contributed by atoms with E-state index in [1.807, 2.05) is 24.3 Å². The Bertz CT molecular complexity index is 835. The van der Waals surface area contributed by atoms with Crippen molar-refractivity contribution in [2.75, 3.05) is 30.8 Å². The lowest BCUT2D eigenvalue weighted by atomic mass is 10.3. The smallest absolute Gasteiger partial charge is 0.319 e. The zero-order valence-electron chi connectivity index (χ0n) is 14.2. The zero-order valence-corrected chi connectivity index (χ0v) is 14.2. The van der Waals surface area contributed by atoms with E-state index in [2.05, 4.69) is 31.2 Å². The van der Waals surface area contributed by atoms with Crippen LogP contribution in [-0.2, 0) is 0 Å². The van der Waals surface area contributed by atoms with Crippen LogP contribution in [0, 0.1) is 0 Å². The second-order valence-corrected chi connectivity index (χ2v) is 5.27. The summed E-state index contributed by atoms with van der Waals surface area (Å²) in [6.45, 7) is 0.944. The van der Waals surface area contributed by atoms with E-state index in [0.29, 0.717) is 36.2 Å². The lowest BCUT2D eigenvalue weighted by molar-refractivity contribution is 0.252. The predicted octanol–water partition coefficient (Wildman–Crippen LogP) is 1.90. The maximum absolute atomic E-state index is 11.9. The molecular weight excluding hydrogens is 334 g/mol. The Morgan fingerprint density at radius 2 is 2.08 bits per heavy atom. The van der Waals surface area contributed by atoms with Crippen LogP contribution in [0.1, 0.15) is 0 Å². The first-order valence-corrected chi connectivity index (χ1v) is 8.01. The summed E-state index contributed by atoms with van der Waals surface area (Å²) in [4.78, 5) is 11.9. The van der Waals surface area contributed by atoms with Crippen molar-refractivity contribution in [2.24, 2.45) is 0 Å². The number of aromatic nitrogens is 4. The molecule has 0 saturated heterocycles. The summed E-state index contributed by atoms with van der Waals surface area (Å²) in [6, 6.07) is 12.3. The van der Waals surface area contributed by atoms with Crippen LogP contribution in [0.25, 0.3) is 5.82 Å². The van der Waals surface area contributed by atoms with E-state index in [9.17, 15) is 4.79 Å². The summed E-state index contributed by atoms with van der Waals surface area (Å²) in [5.74, 6) is 1.94. The summed E-state index contributed by atoms with van der Waals surface area (Å²) >= 11 is 0. The van der Waals surface area contributed by atoms with Crippen LogP contribution in [0.2, 0.25) is 0 Å². The number of ether oxygens (including phenoxy) is 1. The lowest BCUT2D eigenvalue weighted by Gasteiger charge is -2.09. The number of rotatable bonds is 7. The van der Waals surface area contributed by atoms with Gasteiger partial charge in [0.15, 0.2) is 5.82 Å². The van der Waals surface area contributed by atoms with Crippen LogP contribution in [-0.4, -0.2) is 46.2 Å². The molecule has 2 amide bonds. The normalized spacial score (nSPS) is 10.2. The molecule has 1 aromatic carbocycles. The van der Waals surface area contributed by atoms with Crippen LogP contribution >= 0.6 is 0 Å². The topological polar surface area (TPSA) is 106 Å². The van der Waals surface area contributed by atoms with Gasteiger partial charge in [0.1, 0.15) is 11.6 Å². The molecule has 3 aromatic rings. The van der Waals surface area contributed by atoms with Gasteiger partial charge < -0.3 is 20.7 Å². The summed E-state index contributed by atoms with van der Waals surface area (Å²) in [5, 5.41) is 20.8. The molecule has 2 aromatic heterocycles. The van der Waals surface area contributed by atoms with E-state index < -0.39 is 0 Å². The van der Waals surface area contributed by atoms with Crippen molar-refractivity contribution in [3.05, 3.63) is 54.9 Å². The zero-order chi connectivity index (χ0) is 18.2. The molecule has 9 nitrogen and oxygen atoms in total. The molecule has 0 atom stereocenters. The molecule has 3 rings (SSSR count). The standard InChI is InChI=1S/C17H19N7O2/c1-26-14-5-2-4-13(12-14)21-17(25)19-10-9-18-15-6-7-16(23-22-15)24-11-3-8-20-24/h2-8,11-12H,9-10H2,1H3,(H,18,22)(H2,19,21,25). The Morgan fingerprint density at radius 3 is 2.81 bits per heavy atom. The lowest BCUT2D eigenvalue weighted by Crippen LogP contribution is -2.32. The van der Waals surface area contributed by atoms with Gasteiger partial charge in [0.05, 0.1) is 7.11 Å². The quantitative estimate of drug-likeness (QED) is 0.560. The number of anilines is 2. The van der Waals surface area contributed by atoms with Gasteiger partial charge in [0.25, 0.3) is 0 Å². The van der Waals surface area contributed by atoms with Gasteiger partial charge in [0.2, 0.25) is 0 Å². The first kappa shape index (κ1) is 17.2. The molecule has 3 N–H and O–H groups in total. The molecule has 0 fully saturated rings. The molecule has 0 spiro atoms. The second kappa shape index (κ2) is 8.47. The monoisotopic (exact) mass is 353 g/mol. The highest BCUT2D eigenvalue weighted by molar-refractivity contribution is 5.89. The van der Waals surface area contributed by atoms with Gasteiger partial charge in [0, 0.05) is 37.2 Å². The minimum atomic E-state index is -0.292. The van der Waals surface area contributed by atoms with Gasteiger partial charge in [-0.15, -0.1) is 10.2 Å². The Labute approximate surface area is 150 Å². The molecule has 0 aliphatic carbocycles. The fourth-order valence-corrected chi connectivity index (χ4v) is 2.19. The number of methoxy groups -OCH3 is 1. The number of carbonyl (C=O) groups excluding carboxylic acids is 1. The number of hydrogen-bond donors (Lipinski definition) is 3. The van der Waals surface area contributed by atoms with Crippen molar-refractivity contribution in [3.8, 4) is 11.6 Å². The number of amides is 2. The van der Waals surface area contributed by atoms with E-state index in [0.717, 1.165) is 0 Å². The summed E-state index contributed by atoms with van der Waals surface area (Å²) in [7, 11) is 1.58. The van der Waals surface area contributed by atoms with Gasteiger partial charge in [-0.05, 0) is 30.3 Å². The Hall–Kier alpha value is -3.62. The van der Waals surface area contributed by atoms with Gasteiger partial charge in [-0.1, -0.05) is 6.07 Å². The first-order chi connectivity index (χ1) is 12.7. The number of hydrogen-bond acceptors (Lipinski definition) is 6. The molecule has 0 aliphatic heterocycles. The molecule has 0 aliphatic rings. The van der Waals surface area contributed by atoms with Crippen LogP contribution < -0.4 is 20.7 Å². The molecule has 0 bridgehead atoms. The highest BCUT2D eigenvalue weighted by atomic mass is 16.5. The van der Waals surface area contributed by atoms with Gasteiger partial charge in [-0.2, -0.15) is 5.10 Å². The average Bonchev–Trinajstić information content (AvgIpc) is 3.21. The van der Waals surface area contributed by atoms with E-state index in [1.54, 1.807) is 42.4 Å². The van der Waals surface area contributed by atoms with Crippen molar-refractivity contribution in [1.82, 2.24) is 25.3 Å². The Morgan fingerprint density at radius 1 is 1.15 bits per heavy atom. The SMILES string of the molecule is COc1cccc(NC(=O)NCCNc2ccc(-n3cccn3)nn2)c1. The van der Waals surface area contributed by atoms with Gasteiger partial charge in [-0.3, -0.25) is 0 Å². The number of urea groups is 1. The van der Waals surface area contributed by atoms with Gasteiger partial charge in [-0.25, -0.2) is 9.48 Å². The third kappa shape index (κ3) is 4.69. The molecule has 26 heavy (non-hydrogen) atoms. The molecular formula is C17H19N7O2. The number of nitrogens with zero attached hydrogens (tertiary/aromatic N) is 4. The summed E-state index contributed by atoms with van der Waals surface area (Å²) < 4.78 is 6.74. The fraction of sp³-hybridized carbons (Fsp3) is 0.176. The van der Waals surface area contributed by atoms with E-state index in [1.165, 1.54) is 0 Å². The highest BCUT2D eigenvalue weighted by Crippen LogP contribution is 2.16. The van der Waals surface area contributed by atoms with Crippen molar-refractivity contribution in [2.45, 2.75) is 0 Å². The minimum absolute atomic E-state index is 0.292. The fourth-order valence-electron chi connectivity index (χ4n) is 2.19. The number of benzene rings is 1. The van der Waals surface area contributed by atoms with E-state index >= 15 is 0 Å². The van der Waals surface area contributed by atoms with Crippen molar-refractivity contribution in [3.63, 3.8) is 0 Å². The molecule has 9 heteroatoms. The first-order valence-electron chi connectivity index (χ1n) is 8.01. The summed E-state index contributed by atoms with van der Waals surface area (Å²) in [5.41, 5.74) is 0.662. The third-order valence-electron chi connectivity index (χ3n) is 3.43. The van der Waals surface area contributed by atoms with E-state index in [-0.39, 0.29) is 6.03 Å². The molecule has 134 valence electrons. The third-order valence-corrected chi connectivity index (χ3v) is 3.43. The predicted molar refractivity (Wildman–Crippen MR) is 97.7 cm³/mol. The van der Waals surface area contributed by atoms with Crippen LogP contribution in [0.5, 0.6) is 5.75 Å². The van der Waals surface area contributed by atoms with Gasteiger partial charge >= 0.3 is 6.03 Å². The van der Waals surface area contributed by atoms with E-state index in [4.69, 9.17) is 4.74 Å². The molecule has 0 radical (unpaired) electrons. The highest BCUT2D eigenvalue weighted by Gasteiger charge is 2.03. The maximum atomic E-state index is 11.9. The summed E-state index contributed by atoms with van der Waals surface area (Å²) in [6.07, 6.45) is 3.47. The second-order valence-electron chi connectivity index (χ2n) is 5.27. The maximum Gasteiger partial charge on any atom is 0.319 e. The number of nitrogens with one attached hydrogen (secondary N) is 3. The molecule has 0 unspecified atom stereocenters. The van der Waals surface area contributed by atoms with Crippen LogP contribution in [0.3, 0.4) is 0 Å². The minimum Gasteiger partial charge on any atom is -0.497 e. The van der Waals surface area contributed by atoms with Crippen molar-refractivity contribution in [1.29, 1.82) is 0 Å². The largest absolute Gasteiger partial charge is 0.497 e. The van der Waals surface area contributed by atoms with Crippen LogP contribution in [0.4, 0.5) is 16.3 Å². The Balaban J connectivity index is 1.40. The van der Waals surface area contributed by atoms with Crippen molar-refractivity contribution < 1.29 is 9.53 Å². The van der Waals surface area contributed by atoms with Crippen LogP contribution in [0.15, 0.2) is 54.9 Å². The van der Waals surface area contributed by atoms with Crippen molar-refractivity contribution >= 4 is 17.5 Å². The molecule has 0 saturated carbocycles. The Kier molecular flexibility index (Phi) is 5.61. The molecule has 2 heterocycles. The number of carbonyl (C=O) groups is 1.